The van der Waals surface area contributed by atoms with Crippen molar-refractivity contribution in [1.82, 2.24) is 10.3 Å². The Balaban J connectivity index is 2.90. The maximum absolute atomic E-state index is 11.6. The molecule has 0 aliphatic carbocycles. The van der Waals surface area contributed by atoms with E-state index in [1.807, 2.05) is 0 Å². The van der Waals surface area contributed by atoms with E-state index < -0.39 is 6.09 Å². The Kier molecular flexibility index (Phi) is 7.33. The summed E-state index contributed by atoms with van der Waals surface area (Å²) in [5.41, 5.74) is 2.83. The van der Waals surface area contributed by atoms with Gasteiger partial charge in [-0.3, -0.25) is 4.79 Å². The van der Waals surface area contributed by atoms with Gasteiger partial charge in [-0.05, 0) is 33.6 Å². The molecule has 0 spiro atoms. The summed E-state index contributed by atoms with van der Waals surface area (Å²) in [6.45, 7) is -0.112. The fourth-order valence-electron chi connectivity index (χ4n) is 1.42. The SMILES string of the molecule is COC(=O)N/N=C/c1cc(Br)c(OCC(=O)N(C)C)c(OC)c1. The summed E-state index contributed by atoms with van der Waals surface area (Å²) in [4.78, 5) is 23.9. The Morgan fingerprint density at radius 3 is 2.61 bits per heavy atom. The molecular weight excluding hydrogens is 370 g/mol. The minimum atomic E-state index is -0.672. The molecule has 23 heavy (non-hydrogen) atoms. The lowest BCUT2D eigenvalue weighted by Crippen LogP contribution is -2.27. The number of carbonyl (C=O) groups is 2. The third-order valence-corrected chi connectivity index (χ3v) is 3.23. The molecule has 0 radical (unpaired) electrons. The van der Waals surface area contributed by atoms with Gasteiger partial charge in [0.15, 0.2) is 18.1 Å². The number of hydrogen-bond donors (Lipinski definition) is 1. The monoisotopic (exact) mass is 387 g/mol. The molecule has 0 bridgehead atoms. The second-order valence-electron chi connectivity index (χ2n) is 4.47. The maximum atomic E-state index is 11.6. The van der Waals surface area contributed by atoms with Crippen molar-refractivity contribution in [2.24, 2.45) is 5.10 Å². The largest absolute Gasteiger partial charge is 0.493 e. The summed E-state index contributed by atoms with van der Waals surface area (Å²) in [5, 5.41) is 3.73. The van der Waals surface area contributed by atoms with Crippen LogP contribution in [0.2, 0.25) is 0 Å². The number of nitrogens with zero attached hydrogens (tertiary/aromatic N) is 2. The molecule has 0 saturated carbocycles. The first-order valence-corrected chi connectivity index (χ1v) is 7.25. The first-order chi connectivity index (χ1) is 10.9. The van der Waals surface area contributed by atoms with Crippen LogP contribution in [0.25, 0.3) is 0 Å². The second kappa shape index (κ2) is 8.99. The van der Waals surface area contributed by atoms with Gasteiger partial charge in [-0.1, -0.05) is 0 Å². The molecule has 9 heteroatoms. The Morgan fingerprint density at radius 1 is 1.35 bits per heavy atom. The van der Waals surface area contributed by atoms with Gasteiger partial charge < -0.3 is 19.1 Å². The normalized spacial score (nSPS) is 10.3. The van der Waals surface area contributed by atoms with Gasteiger partial charge in [-0.15, -0.1) is 0 Å². The lowest BCUT2D eigenvalue weighted by atomic mass is 10.2. The summed E-state index contributed by atoms with van der Waals surface area (Å²) in [6.07, 6.45) is 0.744. The highest BCUT2D eigenvalue weighted by Gasteiger charge is 2.14. The molecule has 2 amide bonds. The molecule has 0 aliphatic heterocycles. The van der Waals surface area contributed by atoms with Crippen molar-refractivity contribution in [1.29, 1.82) is 0 Å². The van der Waals surface area contributed by atoms with E-state index in [4.69, 9.17) is 9.47 Å². The van der Waals surface area contributed by atoms with Crippen LogP contribution in [-0.2, 0) is 9.53 Å². The number of rotatable bonds is 6. The highest BCUT2D eigenvalue weighted by atomic mass is 79.9. The first kappa shape index (κ1) is 18.8. The number of ether oxygens (including phenoxy) is 3. The molecule has 126 valence electrons. The number of benzene rings is 1. The number of hydrogen-bond acceptors (Lipinski definition) is 6. The zero-order chi connectivity index (χ0) is 17.4. The standard InChI is InChI=1S/C14H18BrN3O5/c1-18(2)12(19)8-23-13-10(15)5-9(6-11(13)21-3)7-16-17-14(20)22-4/h5-7H,8H2,1-4H3,(H,17,20)/b16-7+. The fraction of sp³-hybridized carbons (Fsp3) is 0.357. The number of likely N-dealkylation sites (N-methyl/N-ethyl adjacent to an activating group) is 1. The molecule has 0 aromatic heterocycles. The van der Waals surface area contributed by atoms with Crippen molar-refractivity contribution in [3.63, 3.8) is 0 Å². The van der Waals surface area contributed by atoms with E-state index in [1.54, 1.807) is 26.2 Å². The van der Waals surface area contributed by atoms with Crippen molar-refractivity contribution in [3.8, 4) is 11.5 Å². The molecule has 0 heterocycles. The van der Waals surface area contributed by atoms with Gasteiger partial charge >= 0.3 is 6.09 Å². The predicted molar refractivity (Wildman–Crippen MR) is 88.0 cm³/mol. The lowest BCUT2D eigenvalue weighted by molar-refractivity contribution is -0.130. The summed E-state index contributed by atoms with van der Waals surface area (Å²) in [7, 11) is 6.01. The number of hydrazone groups is 1. The van der Waals surface area contributed by atoms with E-state index in [0.29, 0.717) is 21.5 Å². The van der Waals surface area contributed by atoms with Crippen LogP contribution >= 0.6 is 15.9 Å². The van der Waals surface area contributed by atoms with Crippen LogP contribution in [0.1, 0.15) is 5.56 Å². The second-order valence-corrected chi connectivity index (χ2v) is 5.33. The van der Waals surface area contributed by atoms with Gasteiger partial charge in [-0.25, -0.2) is 10.2 Å². The molecule has 0 aliphatic rings. The zero-order valence-electron chi connectivity index (χ0n) is 13.3. The van der Waals surface area contributed by atoms with Crippen LogP contribution in [-0.4, -0.2) is 58.0 Å². The molecule has 1 aromatic rings. The Hall–Kier alpha value is -2.29. The third-order valence-electron chi connectivity index (χ3n) is 2.65. The zero-order valence-corrected chi connectivity index (χ0v) is 14.8. The van der Waals surface area contributed by atoms with Crippen LogP contribution in [0.3, 0.4) is 0 Å². The smallest absolute Gasteiger partial charge is 0.427 e. The molecule has 1 rings (SSSR count). The quantitative estimate of drug-likeness (QED) is 0.591. The summed E-state index contributed by atoms with van der Waals surface area (Å²) in [5.74, 6) is 0.651. The van der Waals surface area contributed by atoms with Crippen LogP contribution in [0.15, 0.2) is 21.7 Å². The van der Waals surface area contributed by atoms with Crippen LogP contribution < -0.4 is 14.9 Å². The molecule has 0 unspecified atom stereocenters. The van der Waals surface area contributed by atoms with E-state index in [9.17, 15) is 9.59 Å². The molecule has 8 nitrogen and oxygen atoms in total. The molecule has 0 atom stereocenters. The summed E-state index contributed by atoms with van der Waals surface area (Å²) < 4.78 is 15.7. The third kappa shape index (κ3) is 5.78. The molecule has 0 saturated heterocycles. The number of halogens is 1. The highest BCUT2D eigenvalue weighted by Crippen LogP contribution is 2.36. The van der Waals surface area contributed by atoms with Crippen molar-refractivity contribution in [2.75, 3.05) is 34.9 Å². The van der Waals surface area contributed by atoms with Gasteiger partial charge in [0.2, 0.25) is 0 Å². The average Bonchev–Trinajstić information content (AvgIpc) is 2.52. The van der Waals surface area contributed by atoms with Gasteiger partial charge in [0.05, 0.1) is 24.9 Å². The van der Waals surface area contributed by atoms with E-state index in [1.165, 1.54) is 25.3 Å². The Labute approximate surface area is 142 Å². The molecular formula is C14H18BrN3O5. The number of amides is 2. The van der Waals surface area contributed by atoms with Crippen LogP contribution in [0, 0.1) is 0 Å². The van der Waals surface area contributed by atoms with E-state index >= 15 is 0 Å². The predicted octanol–water partition coefficient (Wildman–Crippen LogP) is 1.61. The fourth-order valence-corrected chi connectivity index (χ4v) is 2.00. The van der Waals surface area contributed by atoms with Crippen molar-refractivity contribution in [2.45, 2.75) is 0 Å². The van der Waals surface area contributed by atoms with E-state index in [2.05, 4.69) is 31.2 Å². The lowest BCUT2D eigenvalue weighted by Gasteiger charge is -2.15. The first-order valence-electron chi connectivity index (χ1n) is 6.46. The average molecular weight is 388 g/mol. The van der Waals surface area contributed by atoms with Crippen LogP contribution in [0.5, 0.6) is 11.5 Å². The number of carbonyl (C=O) groups excluding carboxylic acids is 2. The molecule has 1 aromatic carbocycles. The van der Waals surface area contributed by atoms with Gasteiger partial charge in [0.1, 0.15) is 0 Å². The van der Waals surface area contributed by atoms with Gasteiger partial charge in [0.25, 0.3) is 5.91 Å². The van der Waals surface area contributed by atoms with Crippen molar-refractivity contribution in [3.05, 3.63) is 22.2 Å². The van der Waals surface area contributed by atoms with Gasteiger partial charge in [-0.2, -0.15) is 5.10 Å². The van der Waals surface area contributed by atoms with Gasteiger partial charge in [0, 0.05) is 14.1 Å². The van der Waals surface area contributed by atoms with Crippen LogP contribution in [0.4, 0.5) is 4.79 Å². The Morgan fingerprint density at radius 2 is 2.04 bits per heavy atom. The van der Waals surface area contributed by atoms with Crippen molar-refractivity contribution < 1.29 is 23.8 Å². The summed E-state index contributed by atoms with van der Waals surface area (Å²) in [6, 6.07) is 3.36. The summed E-state index contributed by atoms with van der Waals surface area (Å²) >= 11 is 3.36. The van der Waals surface area contributed by atoms with E-state index in [0.717, 1.165) is 0 Å². The number of methoxy groups -OCH3 is 2. The Bertz CT molecular complexity index is 604. The molecule has 1 N–H and O–H groups in total. The number of nitrogens with one attached hydrogen (secondary N) is 1. The van der Waals surface area contributed by atoms with Crippen molar-refractivity contribution >= 4 is 34.1 Å². The topological polar surface area (TPSA) is 89.5 Å². The maximum Gasteiger partial charge on any atom is 0.427 e. The van der Waals surface area contributed by atoms with E-state index in [-0.39, 0.29) is 12.5 Å². The highest BCUT2D eigenvalue weighted by molar-refractivity contribution is 9.10. The molecule has 0 fully saturated rings. The minimum absolute atomic E-state index is 0.112. The minimum Gasteiger partial charge on any atom is -0.493 e.